The second-order valence-corrected chi connectivity index (χ2v) is 5.57. The van der Waals surface area contributed by atoms with Crippen LogP contribution in [0, 0.1) is 24.2 Å². The van der Waals surface area contributed by atoms with Gasteiger partial charge in [0.25, 0.3) is 0 Å². The highest BCUT2D eigenvalue weighted by molar-refractivity contribution is 5.60. The third kappa shape index (κ3) is 2.51. The number of rotatable bonds is 2. The third-order valence-electron chi connectivity index (χ3n) is 4.22. The zero-order valence-electron chi connectivity index (χ0n) is 11.6. The van der Waals surface area contributed by atoms with E-state index in [1.807, 2.05) is 13.0 Å². The smallest absolute Gasteiger partial charge is 0.101 e. The predicted octanol–water partition coefficient (Wildman–Crippen LogP) is 3.88. The summed E-state index contributed by atoms with van der Waals surface area (Å²) in [7, 11) is 2.14. The lowest BCUT2D eigenvalue weighted by Gasteiger charge is -2.38. The Bertz CT molecular complexity index is 459. The average Bonchev–Trinajstić information content (AvgIpc) is 2.38. The topological polar surface area (TPSA) is 27.0 Å². The lowest BCUT2D eigenvalue weighted by Crippen LogP contribution is -2.39. The van der Waals surface area contributed by atoms with Crippen molar-refractivity contribution >= 4 is 5.69 Å². The summed E-state index contributed by atoms with van der Waals surface area (Å²) in [5.74, 6) is 0.719. The maximum Gasteiger partial charge on any atom is 0.101 e. The van der Waals surface area contributed by atoms with Gasteiger partial charge < -0.3 is 4.90 Å². The highest BCUT2D eigenvalue weighted by Crippen LogP contribution is 2.32. The Morgan fingerprint density at radius 1 is 1.28 bits per heavy atom. The first-order valence-corrected chi connectivity index (χ1v) is 6.87. The van der Waals surface area contributed by atoms with E-state index in [9.17, 15) is 5.26 Å². The largest absolute Gasteiger partial charge is 0.370 e. The molecule has 0 bridgehead atoms. The Kier molecular flexibility index (Phi) is 3.91. The minimum Gasteiger partial charge on any atom is -0.370 e. The highest BCUT2D eigenvalue weighted by atomic mass is 15.1. The molecule has 0 heterocycles. The molecule has 0 aliphatic heterocycles. The molecule has 1 fully saturated rings. The summed E-state index contributed by atoms with van der Waals surface area (Å²) in [6.07, 6.45) is 5.22. The van der Waals surface area contributed by atoms with Gasteiger partial charge in [0.1, 0.15) is 6.07 Å². The van der Waals surface area contributed by atoms with Crippen LogP contribution in [0.5, 0.6) is 0 Å². The summed E-state index contributed by atoms with van der Waals surface area (Å²) in [5.41, 5.74) is 3.04. The third-order valence-corrected chi connectivity index (χ3v) is 4.22. The van der Waals surface area contributed by atoms with E-state index in [2.05, 4.69) is 37.1 Å². The summed E-state index contributed by atoms with van der Waals surface area (Å²) in [6.45, 7) is 4.37. The molecule has 2 nitrogen and oxygen atoms in total. The Morgan fingerprint density at radius 3 is 2.67 bits per heavy atom. The van der Waals surface area contributed by atoms with Crippen LogP contribution in [0.4, 0.5) is 5.69 Å². The maximum absolute atomic E-state index is 9.28. The number of benzene rings is 1. The van der Waals surface area contributed by atoms with Crippen molar-refractivity contribution in [1.82, 2.24) is 0 Å². The number of nitriles is 1. The first kappa shape index (κ1) is 13.0. The number of nitrogens with zero attached hydrogens (tertiary/aromatic N) is 2. The SMILES string of the molecule is Cc1ccc(N(C)C2CCCCC2C)c(C#N)c1. The molecular weight excluding hydrogens is 220 g/mol. The predicted molar refractivity (Wildman–Crippen MR) is 75.7 cm³/mol. The van der Waals surface area contributed by atoms with Crippen molar-refractivity contribution in [2.24, 2.45) is 5.92 Å². The summed E-state index contributed by atoms with van der Waals surface area (Å²) in [5, 5.41) is 9.28. The fourth-order valence-corrected chi connectivity index (χ4v) is 3.10. The van der Waals surface area contributed by atoms with Gasteiger partial charge in [-0.2, -0.15) is 5.26 Å². The zero-order chi connectivity index (χ0) is 13.1. The van der Waals surface area contributed by atoms with E-state index in [0.717, 1.165) is 22.7 Å². The normalized spacial score (nSPS) is 23.4. The van der Waals surface area contributed by atoms with E-state index in [4.69, 9.17) is 0 Å². The molecule has 0 aromatic heterocycles. The van der Waals surface area contributed by atoms with Gasteiger partial charge in [0.2, 0.25) is 0 Å². The van der Waals surface area contributed by atoms with Crippen molar-refractivity contribution in [3.05, 3.63) is 29.3 Å². The summed E-state index contributed by atoms with van der Waals surface area (Å²) >= 11 is 0. The molecule has 2 heteroatoms. The van der Waals surface area contributed by atoms with Gasteiger partial charge >= 0.3 is 0 Å². The van der Waals surface area contributed by atoms with Crippen LogP contribution in [0.25, 0.3) is 0 Å². The Balaban J connectivity index is 2.28. The van der Waals surface area contributed by atoms with Crippen molar-refractivity contribution in [1.29, 1.82) is 5.26 Å². The van der Waals surface area contributed by atoms with E-state index in [1.54, 1.807) is 0 Å². The van der Waals surface area contributed by atoms with Crippen molar-refractivity contribution < 1.29 is 0 Å². The zero-order valence-corrected chi connectivity index (χ0v) is 11.6. The van der Waals surface area contributed by atoms with Crippen molar-refractivity contribution in [3.63, 3.8) is 0 Å². The van der Waals surface area contributed by atoms with Crippen LogP contribution in [0.2, 0.25) is 0 Å². The molecule has 96 valence electrons. The lowest BCUT2D eigenvalue weighted by atomic mass is 9.84. The molecule has 0 N–H and O–H groups in total. The van der Waals surface area contributed by atoms with Crippen LogP contribution < -0.4 is 4.90 Å². The monoisotopic (exact) mass is 242 g/mol. The summed E-state index contributed by atoms with van der Waals surface area (Å²) in [6, 6.07) is 9.08. The average molecular weight is 242 g/mol. The molecule has 18 heavy (non-hydrogen) atoms. The molecule has 1 saturated carbocycles. The van der Waals surface area contributed by atoms with Gasteiger partial charge in [-0.25, -0.2) is 0 Å². The molecule has 1 aliphatic rings. The summed E-state index contributed by atoms with van der Waals surface area (Å²) < 4.78 is 0. The quantitative estimate of drug-likeness (QED) is 0.787. The first-order valence-electron chi connectivity index (χ1n) is 6.87. The van der Waals surface area contributed by atoms with Crippen molar-refractivity contribution in [2.45, 2.75) is 45.6 Å². The minimum atomic E-state index is 0.577. The minimum absolute atomic E-state index is 0.577. The van der Waals surface area contributed by atoms with Crippen LogP contribution >= 0.6 is 0 Å². The number of anilines is 1. The standard InChI is InChI=1S/C16H22N2/c1-12-8-9-16(14(10-12)11-17)18(3)15-7-5-4-6-13(15)2/h8-10,13,15H,4-7H2,1-3H3. The molecule has 1 aromatic carbocycles. The van der Waals surface area contributed by atoms with Gasteiger partial charge in [-0.05, 0) is 43.4 Å². The molecule has 0 amide bonds. The van der Waals surface area contributed by atoms with Crippen LogP contribution in [0.3, 0.4) is 0 Å². The number of aryl methyl sites for hydroxylation is 1. The molecule has 2 unspecified atom stereocenters. The second-order valence-electron chi connectivity index (χ2n) is 5.57. The van der Waals surface area contributed by atoms with Gasteiger partial charge in [0.15, 0.2) is 0 Å². The second kappa shape index (κ2) is 5.44. The van der Waals surface area contributed by atoms with Gasteiger partial charge in [0, 0.05) is 13.1 Å². The van der Waals surface area contributed by atoms with Crippen molar-refractivity contribution in [3.8, 4) is 6.07 Å². The molecule has 2 rings (SSSR count). The molecule has 2 atom stereocenters. The van der Waals surface area contributed by atoms with Crippen molar-refractivity contribution in [2.75, 3.05) is 11.9 Å². The number of hydrogen-bond acceptors (Lipinski definition) is 2. The fourth-order valence-electron chi connectivity index (χ4n) is 3.10. The molecule has 0 saturated heterocycles. The molecule has 0 spiro atoms. The molecule has 0 radical (unpaired) electrons. The van der Waals surface area contributed by atoms with Crippen LogP contribution in [0.1, 0.15) is 43.7 Å². The Hall–Kier alpha value is -1.49. The fraction of sp³-hybridized carbons (Fsp3) is 0.562. The van der Waals surface area contributed by atoms with Gasteiger partial charge in [-0.1, -0.05) is 25.8 Å². The molecule has 1 aromatic rings. The maximum atomic E-state index is 9.28. The van der Waals surface area contributed by atoms with Crippen LogP contribution in [-0.2, 0) is 0 Å². The van der Waals surface area contributed by atoms with E-state index < -0.39 is 0 Å². The van der Waals surface area contributed by atoms with E-state index in [-0.39, 0.29) is 0 Å². The lowest BCUT2D eigenvalue weighted by molar-refractivity contribution is 0.321. The van der Waals surface area contributed by atoms with Crippen LogP contribution in [0.15, 0.2) is 18.2 Å². The van der Waals surface area contributed by atoms with Gasteiger partial charge in [-0.15, -0.1) is 0 Å². The highest BCUT2D eigenvalue weighted by Gasteiger charge is 2.26. The number of hydrogen-bond donors (Lipinski definition) is 0. The van der Waals surface area contributed by atoms with E-state index in [1.165, 1.54) is 25.7 Å². The molecule has 1 aliphatic carbocycles. The van der Waals surface area contributed by atoms with E-state index in [0.29, 0.717) is 6.04 Å². The van der Waals surface area contributed by atoms with Gasteiger partial charge in [-0.3, -0.25) is 0 Å². The van der Waals surface area contributed by atoms with Gasteiger partial charge in [0.05, 0.1) is 11.3 Å². The molecular formula is C16H22N2. The van der Waals surface area contributed by atoms with Crippen LogP contribution in [-0.4, -0.2) is 13.1 Å². The first-order chi connectivity index (χ1) is 8.63. The Labute approximate surface area is 110 Å². The Morgan fingerprint density at radius 2 is 2.00 bits per heavy atom. The summed E-state index contributed by atoms with van der Waals surface area (Å²) in [4.78, 5) is 2.32. The van der Waals surface area contributed by atoms with E-state index >= 15 is 0 Å².